The van der Waals surface area contributed by atoms with Gasteiger partial charge in [-0.15, -0.1) is 0 Å². The monoisotopic (exact) mass is 238 g/mol. The van der Waals surface area contributed by atoms with Gasteiger partial charge in [-0.1, -0.05) is 6.07 Å². The molecular weight excluding hydrogens is 224 g/mol. The van der Waals surface area contributed by atoms with Crippen molar-refractivity contribution in [2.24, 2.45) is 0 Å². The van der Waals surface area contributed by atoms with E-state index < -0.39 is 5.91 Å². The van der Waals surface area contributed by atoms with Crippen molar-refractivity contribution in [2.75, 3.05) is 20.8 Å². The van der Waals surface area contributed by atoms with Crippen molar-refractivity contribution in [3.8, 4) is 5.75 Å². The number of carbonyl (C=O) groups is 2. The van der Waals surface area contributed by atoms with Crippen molar-refractivity contribution in [3.05, 3.63) is 29.8 Å². The van der Waals surface area contributed by atoms with Crippen LogP contribution < -0.4 is 15.5 Å². The van der Waals surface area contributed by atoms with Crippen molar-refractivity contribution >= 4 is 11.8 Å². The Morgan fingerprint density at radius 3 is 2.76 bits per heavy atom. The minimum atomic E-state index is -0.437. The second kappa shape index (κ2) is 6.49. The average molecular weight is 238 g/mol. The molecule has 0 unspecified atom stereocenters. The van der Waals surface area contributed by atoms with Crippen LogP contribution >= 0.6 is 0 Å². The zero-order valence-electron chi connectivity index (χ0n) is 9.65. The molecule has 0 aromatic heterocycles. The Bertz CT molecular complexity index is 406. The maximum atomic E-state index is 11.6. The summed E-state index contributed by atoms with van der Waals surface area (Å²) in [5, 5.41) is 2.36. The number of hydrogen-bond donors (Lipinski definition) is 2. The molecule has 2 N–H and O–H groups in total. The molecule has 0 spiro atoms. The van der Waals surface area contributed by atoms with Gasteiger partial charge >= 0.3 is 0 Å². The lowest BCUT2D eigenvalue weighted by Gasteiger charge is -2.06. The summed E-state index contributed by atoms with van der Waals surface area (Å²) < 4.78 is 4.98. The van der Waals surface area contributed by atoms with Gasteiger partial charge in [0.25, 0.3) is 5.91 Å². The van der Waals surface area contributed by atoms with Crippen LogP contribution in [0.25, 0.3) is 0 Å². The molecule has 0 heterocycles. The molecule has 1 rings (SSSR count). The van der Waals surface area contributed by atoms with Gasteiger partial charge in [0, 0.05) is 12.6 Å². The number of rotatable bonds is 5. The van der Waals surface area contributed by atoms with Gasteiger partial charge < -0.3 is 10.1 Å². The molecule has 0 aliphatic heterocycles. The van der Waals surface area contributed by atoms with E-state index in [1.54, 1.807) is 24.3 Å². The molecule has 92 valence electrons. The second-order valence-electron chi connectivity index (χ2n) is 3.12. The van der Waals surface area contributed by atoms with Gasteiger partial charge in [0.2, 0.25) is 5.91 Å². The summed E-state index contributed by atoms with van der Waals surface area (Å²) in [6, 6.07) is 6.59. The molecule has 0 saturated carbocycles. The topological polar surface area (TPSA) is 76.7 Å². The Morgan fingerprint density at radius 2 is 2.12 bits per heavy atom. The fourth-order valence-electron chi connectivity index (χ4n) is 1.06. The van der Waals surface area contributed by atoms with E-state index >= 15 is 0 Å². The number of hydroxylamine groups is 1. The molecule has 0 bridgehead atoms. The molecule has 0 radical (unpaired) electrons. The maximum Gasteiger partial charge on any atom is 0.274 e. The number of benzene rings is 1. The maximum absolute atomic E-state index is 11.6. The highest BCUT2D eigenvalue weighted by Crippen LogP contribution is 2.12. The highest BCUT2D eigenvalue weighted by Gasteiger charge is 2.07. The van der Waals surface area contributed by atoms with Crippen molar-refractivity contribution in [1.82, 2.24) is 10.8 Å². The van der Waals surface area contributed by atoms with Gasteiger partial charge in [0.1, 0.15) is 5.75 Å². The van der Waals surface area contributed by atoms with Crippen LogP contribution in [0.5, 0.6) is 5.75 Å². The van der Waals surface area contributed by atoms with Crippen LogP contribution in [0.1, 0.15) is 10.4 Å². The number of hydrogen-bond acceptors (Lipinski definition) is 4. The summed E-state index contributed by atoms with van der Waals surface area (Å²) in [4.78, 5) is 27.1. The summed E-state index contributed by atoms with van der Waals surface area (Å²) in [5.74, 6) is -0.187. The number of ether oxygens (including phenoxy) is 1. The standard InChI is InChI=1S/C11H14N2O4/c1-12-10(14)7-17-13-11(15)8-4-3-5-9(6-8)16-2/h3-6H,7H2,1-2H3,(H,12,14)(H,13,15). The van der Waals surface area contributed by atoms with Crippen LogP contribution in [0, 0.1) is 0 Å². The van der Waals surface area contributed by atoms with Crippen LogP contribution in [0.15, 0.2) is 24.3 Å². The van der Waals surface area contributed by atoms with Gasteiger partial charge in [-0.05, 0) is 18.2 Å². The summed E-state index contributed by atoms with van der Waals surface area (Å²) >= 11 is 0. The lowest BCUT2D eigenvalue weighted by atomic mass is 10.2. The van der Waals surface area contributed by atoms with Crippen LogP contribution in [-0.4, -0.2) is 32.6 Å². The molecule has 0 atom stereocenters. The van der Waals surface area contributed by atoms with Crippen molar-refractivity contribution in [2.45, 2.75) is 0 Å². The first-order valence-electron chi connectivity index (χ1n) is 4.94. The van der Waals surface area contributed by atoms with Crippen LogP contribution in [0.4, 0.5) is 0 Å². The molecule has 0 fully saturated rings. The summed E-state index contributed by atoms with van der Waals surface area (Å²) in [5.41, 5.74) is 2.55. The van der Waals surface area contributed by atoms with E-state index in [1.807, 2.05) is 0 Å². The van der Waals surface area contributed by atoms with E-state index in [0.29, 0.717) is 11.3 Å². The van der Waals surface area contributed by atoms with Crippen LogP contribution in [0.3, 0.4) is 0 Å². The Kier molecular flexibility index (Phi) is 4.96. The lowest BCUT2D eigenvalue weighted by molar-refractivity contribution is -0.126. The van der Waals surface area contributed by atoms with Crippen LogP contribution in [0.2, 0.25) is 0 Å². The van der Waals surface area contributed by atoms with E-state index in [2.05, 4.69) is 10.8 Å². The Morgan fingerprint density at radius 1 is 1.35 bits per heavy atom. The minimum Gasteiger partial charge on any atom is -0.497 e. The molecule has 0 aliphatic rings. The van der Waals surface area contributed by atoms with Gasteiger partial charge in [0.15, 0.2) is 6.61 Å². The van der Waals surface area contributed by atoms with Gasteiger partial charge in [0.05, 0.1) is 7.11 Å². The van der Waals surface area contributed by atoms with Gasteiger partial charge in [-0.25, -0.2) is 5.48 Å². The molecular formula is C11H14N2O4. The molecule has 2 amide bonds. The van der Waals surface area contributed by atoms with E-state index in [0.717, 1.165) is 0 Å². The fraction of sp³-hybridized carbons (Fsp3) is 0.273. The predicted molar refractivity (Wildman–Crippen MR) is 60.5 cm³/mol. The predicted octanol–water partition coefficient (Wildman–Crippen LogP) is 0.103. The fourth-order valence-corrected chi connectivity index (χ4v) is 1.06. The van der Waals surface area contributed by atoms with Gasteiger partial charge in [-0.2, -0.15) is 0 Å². The first-order chi connectivity index (χ1) is 8.17. The molecule has 0 aliphatic carbocycles. The third-order valence-corrected chi connectivity index (χ3v) is 1.98. The van der Waals surface area contributed by atoms with Crippen molar-refractivity contribution in [1.29, 1.82) is 0 Å². The first-order valence-corrected chi connectivity index (χ1v) is 4.94. The van der Waals surface area contributed by atoms with E-state index in [9.17, 15) is 9.59 Å². The zero-order chi connectivity index (χ0) is 12.7. The summed E-state index contributed by atoms with van der Waals surface area (Å²) in [6.07, 6.45) is 0. The lowest BCUT2D eigenvalue weighted by Crippen LogP contribution is -2.31. The van der Waals surface area contributed by atoms with Crippen molar-refractivity contribution < 1.29 is 19.2 Å². The molecule has 6 heteroatoms. The van der Waals surface area contributed by atoms with Crippen molar-refractivity contribution in [3.63, 3.8) is 0 Å². The SMILES string of the molecule is CNC(=O)CONC(=O)c1cccc(OC)c1. The third-order valence-electron chi connectivity index (χ3n) is 1.98. The van der Waals surface area contributed by atoms with Gasteiger partial charge in [-0.3, -0.25) is 14.4 Å². The Balaban J connectivity index is 2.49. The number of nitrogens with one attached hydrogen (secondary N) is 2. The number of likely N-dealkylation sites (N-methyl/N-ethyl adjacent to an activating group) is 1. The third kappa shape index (κ3) is 4.12. The molecule has 1 aromatic rings. The largest absolute Gasteiger partial charge is 0.497 e. The highest BCUT2D eigenvalue weighted by molar-refractivity contribution is 5.93. The molecule has 6 nitrogen and oxygen atoms in total. The number of carbonyl (C=O) groups excluding carboxylic acids is 2. The smallest absolute Gasteiger partial charge is 0.274 e. The van der Waals surface area contributed by atoms with Crippen LogP contribution in [-0.2, 0) is 9.63 Å². The molecule has 17 heavy (non-hydrogen) atoms. The quantitative estimate of drug-likeness (QED) is 0.713. The Labute approximate surface area is 98.9 Å². The normalized spacial score (nSPS) is 9.53. The minimum absolute atomic E-state index is 0.230. The summed E-state index contributed by atoms with van der Waals surface area (Å²) in [6.45, 7) is -0.230. The zero-order valence-corrected chi connectivity index (χ0v) is 9.65. The molecule has 0 saturated heterocycles. The van der Waals surface area contributed by atoms with E-state index in [-0.39, 0.29) is 12.5 Å². The number of methoxy groups -OCH3 is 1. The van der Waals surface area contributed by atoms with E-state index in [4.69, 9.17) is 9.57 Å². The Hall–Kier alpha value is -2.08. The second-order valence-corrected chi connectivity index (χ2v) is 3.12. The summed E-state index contributed by atoms with van der Waals surface area (Å²) in [7, 11) is 2.99. The van der Waals surface area contributed by atoms with E-state index in [1.165, 1.54) is 14.2 Å². The first kappa shape index (κ1) is 13.0. The average Bonchev–Trinajstić information content (AvgIpc) is 2.38. The highest BCUT2D eigenvalue weighted by atomic mass is 16.7. The molecule has 1 aromatic carbocycles. The number of amides is 2.